The molecule has 0 amide bonds. The number of hydrogen-bond donors (Lipinski definition) is 1. The fraction of sp³-hybridized carbons (Fsp3) is 0.904. The van der Waals surface area contributed by atoms with Crippen LogP contribution in [-0.2, 0) is 28.6 Å². The van der Waals surface area contributed by atoms with Gasteiger partial charge in [0.1, 0.15) is 18.8 Å². The predicted molar refractivity (Wildman–Crippen MR) is 253 cm³/mol. The number of carbonyl (C=O) groups excluding carboxylic acids is 3. The van der Waals surface area contributed by atoms with E-state index in [-0.39, 0.29) is 30.1 Å². The van der Waals surface area contributed by atoms with Gasteiger partial charge in [-0.15, -0.1) is 0 Å². The van der Waals surface area contributed by atoms with E-state index in [0.717, 1.165) is 70.6 Å². The highest BCUT2D eigenvalue weighted by molar-refractivity contribution is 5.70. The van der Waals surface area contributed by atoms with Gasteiger partial charge in [0.05, 0.1) is 0 Å². The quantitative estimate of drug-likeness (QED) is 0.0282. The summed E-state index contributed by atoms with van der Waals surface area (Å²) in [6.45, 7) is 12.1. The number of allylic oxidation sites excluding steroid dienone is 1. The van der Waals surface area contributed by atoms with Crippen LogP contribution in [0.5, 0.6) is 0 Å². The van der Waals surface area contributed by atoms with Crippen LogP contribution in [0, 0.1) is 0 Å². The fourth-order valence-corrected chi connectivity index (χ4v) is 7.32. The Bertz CT molecular complexity index is 880. The highest BCUT2D eigenvalue weighted by atomic mass is 16.5. The molecule has 59 heavy (non-hydrogen) atoms. The van der Waals surface area contributed by atoms with Gasteiger partial charge in [0.2, 0.25) is 0 Å². The third-order valence-corrected chi connectivity index (χ3v) is 11.2. The number of unbranched alkanes of at least 4 members (excludes halogenated alkanes) is 24. The highest BCUT2D eigenvalue weighted by Crippen LogP contribution is 2.19. The summed E-state index contributed by atoms with van der Waals surface area (Å²) in [5.74, 6) is -0.179. The molecule has 350 valence electrons. The molecule has 0 saturated heterocycles. The van der Waals surface area contributed by atoms with Crippen molar-refractivity contribution in [3.05, 3.63) is 12.2 Å². The Labute approximate surface area is 367 Å². The minimum absolute atomic E-state index is 0.0193. The topological polar surface area (TPSA) is 105 Å². The number of ether oxygens (including phenoxy) is 3. The van der Waals surface area contributed by atoms with Gasteiger partial charge in [0.15, 0.2) is 0 Å². The maximum absolute atomic E-state index is 12.4. The summed E-state index contributed by atoms with van der Waals surface area (Å²) in [6.07, 6.45) is 46.9. The predicted octanol–water partition coefficient (Wildman–Crippen LogP) is 15.8. The lowest BCUT2D eigenvalue weighted by Gasteiger charge is -2.18. The Morgan fingerprint density at radius 1 is 0.390 bits per heavy atom. The lowest BCUT2D eigenvalue weighted by atomic mass is 10.0. The van der Waals surface area contributed by atoms with Crippen LogP contribution in [0.15, 0.2) is 12.2 Å². The number of esters is 3. The molecule has 0 bridgehead atoms. The summed E-state index contributed by atoms with van der Waals surface area (Å²) in [4.78, 5) is 36.1. The van der Waals surface area contributed by atoms with Gasteiger partial charge in [-0.2, -0.15) is 0 Å². The molecule has 0 aromatic carbocycles. The largest absolute Gasteiger partial charge is 0.462 e. The molecule has 7 heteroatoms. The lowest BCUT2D eigenvalue weighted by Crippen LogP contribution is -2.19. The van der Waals surface area contributed by atoms with Gasteiger partial charge in [-0.05, 0) is 90.0 Å². The molecule has 0 aliphatic carbocycles. The number of carbonyl (C=O) groups is 3. The summed E-state index contributed by atoms with van der Waals surface area (Å²) < 4.78 is 16.8. The van der Waals surface area contributed by atoms with Crippen molar-refractivity contribution in [2.24, 2.45) is 5.73 Å². The zero-order valence-electron chi connectivity index (χ0n) is 40.1. The Balaban J connectivity index is 0. The molecule has 0 aliphatic heterocycles. The Hall–Kier alpha value is -1.89. The van der Waals surface area contributed by atoms with Crippen molar-refractivity contribution in [3.8, 4) is 0 Å². The van der Waals surface area contributed by atoms with Gasteiger partial charge in [-0.3, -0.25) is 14.4 Å². The van der Waals surface area contributed by atoms with Crippen molar-refractivity contribution in [1.82, 2.24) is 0 Å². The summed E-state index contributed by atoms with van der Waals surface area (Å²) in [6, 6.07) is 0. The maximum Gasteiger partial charge on any atom is 0.306 e. The minimum atomic E-state index is -0.102. The zero-order valence-corrected chi connectivity index (χ0v) is 40.1. The van der Waals surface area contributed by atoms with E-state index in [4.69, 9.17) is 19.9 Å². The second-order valence-electron chi connectivity index (χ2n) is 17.2. The van der Waals surface area contributed by atoms with E-state index in [2.05, 4.69) is 40.7 Å². The van der Waals surface area contributed by atoms with E-state index in [1.807, 2.05) is 6.08 Å². The first-order valence-electron chi connectivity index (χ1n) is 25.8. The van der Waals surface area contributed by atoms with Crippen molar-refractivity contribution in [1.29, 1.82) is 0 Å². The van der Waals surface area contributed by atoms with Crippen molar-refractivity contribution < 1.29 is 28.6 Å². The van der Waals surface area contributed by atoms with Crippen LogP contribution in [0.2, 0.25) is 0 Å². The van der Waals surface area contributed by atoms with Crippen molar-refractivity contribution in [3.63, 3.8) is 0 Å². The molecule has 0 aromatic heterocycles. The molecule has 0 rings (SSSR count). The molecule has 0 aliphatic rings. The van der Waals surface area contributed by atoms with E-state index < -0.39 is 0 Å². The molecule has 2 N–H and O–H groups in total. The summed E-state index contributed by atoms with van der Waals surface area (Å²) >= 11 is 0. The van der Waals surface area contributed by atoms with E-state index in [1.54, 1.807) is 0 Å². The fourth-order valence-electron chi connectivity index (χ4n) is 7.32. The molecule has 0 fully saturated rings. The molecule has 0 aromatic rings. The number of rotatable bonds is 44. The van der Waals surface area contributed by atoms with Crippen LogP contribution in [0.25, 0.3) is 0 Å². The van der Waals surface area contributed by atoms with Crippen molar-refractivity contribution in [2.75, 3.05) is 13.2 Å². The standard InChI is InChI=1S/C33H62O4.C19H39NO2/c1-4-7-10-13-14-20-25-30-36-32(34)28-23-18-15-19-24-29-33(35)37-31(26-21-16-11-8-5-2)27-22-17-12-9-6-3;1-3-5-7-9-11-14-18(15-12-10-8-6-4-2)22-19(21)16-13-17-20/h20,25,31H,4-19,21-24,26-30H2,1-3H3;18H,3-17,20H2,1-2H3/b25-20-;. The van der Waals surface area contributed by atoms with Crippen LogP contribution in [0.4, 0.5) is 0 Å². The zero-order chi connectivity index (χ0) is 43.7. The summed E-state index contributed by atoms with van der Waals surface area (Å²) in [7, 11) is 0. The third-order valence-electron chi connectivity index (χ3n) is 11.2. The molecular formula is C52H101NO6. The van der Waals surface area contributed by atoms with Crippen molar-refractivity contribution >= 4 is 17.9 Å². The number of nitrogens with two attached hydrogens (primary N) is 1. The summed E-state index contributed by atoms with van der Waals surface area (Å²) in [5.41, 5.74) is 5.45. The van der Waals surface area contributed by atoms with Crippen LogP contribution < -0.4 is 5.73 Å². The summed E-state index contributed by atoms with van der Waals surface area (Å²) in [5, 5.41) is 0. The molecule has 0 saturated carbocycles. The van der Waals surface area contributed by atoms with Gasteiger partial charge in [0.25, 0.3) is 0 Å². The van der Waals surface area contributed by atoms with E-state index >= 15 is 0 Å². The smallest absolute Gasteiger partial charge is 0.306 e. The minimum Gasteiger partial charge on any atom is -0.462 e. The van der Waals surface area contributed by atoms with E-state index in [1.165, 1.54) is 154 Å². The molecule has 0 atom stereocenters. The molecule has 0 radical (unpaired) electrons. The Morgan fingerprint density at radius 3 is 1.10 bits per heavy atom. The van der Waals surface area contributed by atoms with E-state index in [0.29, 0.717) is 32.4 Å². The van der Waals surface area contributed by atoms with Crippen molar-refractivity contribution in [2.45, 2.75) is 291 Å². The normalized spacial score (nSPS) is 11.3. The Morgan fingerprint density at radius 2 is 0.712 bits per heavy atom. The van der Waals surface area contributed by atoms with E-state index in [9.17, 15) is 14.4 Å². The molecule has 7 nitrogen and oxygen atoms in total. The van der Waals surface area contributed by atoms with Crippen LogP contribution >= 0.6 is 0 Å². The monoisotopic (exact) mass is 836 g/mol. The average molecular weight is 836 g/mol. The van der Waals surface area contributed by atoms with Gasteiger partial charge >= 0.3 is 17.9 Å². The third kappa shape index (κ3) is 48.7. The molecular weight excluding hydrogens is 735 g/mol. The average Bonchev–Trinajstić information content (AvgIpc) is 3.23. The van der Waals surface area contributed by atoms with Gasteiger partial charge in [-0.25, -0.2) is 0 Å². The molecule has 0 spiro atoms. The number of hydrogen-bond acceptors (Lipinski definition) is 7. The van der Waals surface area contributed by atoms with Gasteiger partial charge < -0.3 is 19.9 Å². The molecule has 0 unspecified atom stereocenters. The second-order valence-corrected chi connectivity index (χ2v) is 17.2. The SMILES string of the molecule is CCCCCC/C=C\COC(=O)CCCCCCCC(=O)OC(CCCCCCC)CCCCCCC.CCCCCCCC(CCCCCCC)OC(=O)CCCN. The second kappa shape index (κ2) is 50.5. The maximum atomic E-state index is 12.4. The lowest BCUT2D eigenvalue weighted by molar-refractivity contribution is -0.151. The first kappa shape index (κ1) is 59.2. The first-order chi connectivity index (χ1) is 28.9. The van der Waals surface area contributed by atoms with Crippen LogP contribution in [0.3, 0.4) is 0 Å². The van der Waals surface area contributed by atoms with Gasteiger partial charge in [-0.1, -0.05) is 188 Å². The van der Waals surface area contributed by atoms with Crippen LogP contribution in [-0.4, -0.2) is 43.3 Å². The van der Waals surface area contributed by atoms with Gasteiger partial charge in [0, 0.05) is 19.3 Å². The molecule has 0 heterocycles. The first-order valence-corrected chi connectivity index (χ1v) is 25.8. The Kier molecular flexibility index (Phi) is 50.6. The van der Waals surface area contributed by atoms with Crippen LogP contribution in [0.1, 0.15) is 279 Å². The highest BCUT2D eigenvalue weighted by Gasteiger charge is 2.15.